The van der Waals surface area contributed by atoms with Crippen molar-refractivity contribution in [1.82, 2.24) is 14.8 Å². The Kier molecular flexibility index (Phi) is 4.32. The molecule has 0 aliphatic carbocycles. The first kappa shape index (κ1) is 15.8. The SMILES string of the molecule is COc1ccc(NC(=O)C[C@@H]2Cn3ncnc3NC2=O)c(OC)c1. The highest BCUT2D eigenvalue weighted by Crippen LogP contribution is 2.29. The van der Waals surface area contributed by atoms with Crippen molar-refractivity contribution in [2.45, 2.75) is 13.0 Å². The van der Waals surface area contributed by atoms with Crippen LogP contribution in [0.4, 0.5) is 11.6 Å². The summed E-state index contributed by atoms with van der Waals surface area (Å²) >= 11 is 0. The average molecular weight is 331 g/mol. The molecule has 1 aliphatic heterocycles. The van der Waals surface area contributed by atoms with Gasteiger partial charge in [-0.05, 0) is 12.1 Å². The summed E-state index contributed by atoms with van der Waals surface area (Å²) in [5.74, 6) is 0.455. The molecule has 3 rings (SSSR count). The molecule has 1 aliphatic rings. The zero-order valence-corrected chi connectivity index (χ0v) is 13.3. The van der Waals surface area contributed by atoms with Crippen molar-refractivity contribution in [3.63, 3.8) is 0 Å². The van der Waals surface area contributed by atoms with Gasteiger partial charge in [0.2, 0.25) is 17.8 Å². The van der Waals surface area contributed by atoms with E-state index in [-0.39, 0.29) is 18.2 Å². The van der Waals surface area contributed by atoms with Crippen LogP contribution in [0.15, 0.2) is 24.5 Å². The van der Waals surface area contributed by atoms with Gasteiger partial charge in [-0.25, -0.2) is 4.68 Å². The van der Waals surface area contributed by atoms with E-state index in [9.17, 15) is 9.59 Å². The maximum Gasteiger partial charge on any atom is 0.232 e. The summed E-state index contributed by atoms with van der Waals surface area (Å²) in [6.45, 7) is 0.314. The minimum atomic E-state index is -0.511. The number of hydrogen-bond acceptors (Lipinski definition) is 6. The van der Waals surface area contributed by atoms with Gasteiger partial charge < -0.3 is 14.8 Å². The summed E-state index contributed by atoms with van der Waals surface area (Å²) < 4.78 is 11.9. The van der Waals surface area contributed by atoms with E-state index in [0.29, 0.717) is 29.7 Å². The Morgan fingerprint density at radius 2 is 2.25 bits per heavy atom. The van der Waals surface area contributed by atoms with Gasteiger partial charge in [-0.1, -0.05) is 0 Å². The molecule has 0 saturated heterocycles. The number of rotatable bonds is 5. The molecule has 1 atom stereocenters. The molecule has 0 fully saturated rings. The number of carbonyl (C=O) groups excluding carboxylic acids is 2. The Bertz CT molecular complexity index is 773. The Morgan fingerprint density at radius 1 is 1.42 bits per heavy atom. The smallest absolute Gasteiger partial charge is 0.232 e. The number of anilines is 2. The molecule has 0 unspecified atom stereocenters. The lowest BCUT2D eigenvalue weighted by Gasteiger charge is -2.22. The predicted molar refractivity (Wildman–Crippen MR) is 84.9 cm³/mol. The second-order valence-electron chi connectivity index (χ2n) is 5.27. The van der Waals surface area contributed by atoms with Crippen LogP contribution in [0, 0.1) is 5.92 Å². The van der Waals surface area contributed by atoms with Crippen molar-refractivity contribution in [2.24, 2.45) is 5.92 Å². The first-order valence-electron chi connectivity index (χ1n) is 7.31. The van der Waals surface area contributed by atoms with E-state index in [4.69, 9.17) is 9.47 Å². The molecule has 9 heteroatoms. The first-order chi connectivity index (χ1) is 11.6. The number of aromatic nitrogens is 3. The predicted octanol–water partition coefficient (Wildman–Crippen LogP) is 0.892. The van der Waals surface area contributed by atoms with Gasteiger partial charge in [0.15, 0.2) is 0 Å². The lowest BCUT2D eigenvalue weighted by atomic mass is 10.0. The number of benzene rings is 1. The molecule has 0 saturated carbocycles. The average Bonchev–Trinajstić information content (AvgIpc) is 3.02. The Balaban J connectivity index is 1.67. The van der Waals surface area contributed by atoms with Crippen molar-refractivity contribution < 1.29 is 19.1 Å². The van der Waals surface area contributed by atoms with Crippen molar-refractivity contribution in [2.75, 3.05) is 24.9 Å². The third kappa shape index (κ3) is 3.14. The molecule has 9 nitrogen and oxygen atoms in total. The highest BCUT2D eigenvalue weighted by Gasteiger charge is 2.29. The quantitative estimate of drug-likeness (QED) is 0.842. The van der Waals surface area contributed by atoms with E-state index < -0.39 is 5.92 Å². The maximum absolute atomic E-state index is 12.3. The molecule has 0 bridgehead atoms. The van der Waals surface area contributed by atoms with Crippen LogP contribution in [-0.4, -0.2) is 40.8 Å². The highest BCUT2D eigenvalue weighted by atomic mass is 16.5. The van der Waals surface area contributed by atoms with Gasteiger partial charge in [0, 0.05) is 12.5 Å². The molecule has 126 valence electrons. The fraction of sp³-hybridized carbons (Fsp3) is 0.333. The van der Waals surface area contributed by atoms with Gasteiger partial charge in [0.05, 0.1) is 32.4 Å². The Morgan fingerprint density at radius 3 is 3.00 bits per heavy atom. The van der Waals surface area contributed by atoms with Crippen LogP contribution in [0.2, 0.25) is 0 Å². The summed E-state index contributed by atoms with van der Waals surface area (Å²) in [4.78, 5) is 28.2. The third-order valence-electron chi connectivity index (χ3n) is 3.73. The third-order valence-corrected chi connectivity index (χ3v) is 3.73. The standard InChI is InChI=1S/C15H17N5O4/c1-23-10-3-4-11(12(6-10)24-2)18-13(21)5-9-7-20-15(16-8-17-20)19-14(9)22/h3-4,6,8-9H,5,7H2,1-2H3,(H,18,21)(H,16,17,19,22)/t9-/m1/s1. The lowest BCUT2D eigenvalue weighted by Crippen LogP contribution is -2.36. The van der Waals surface area contributed by atoms with Crippen LogP contribution < -0.4 is 20.1 Å². The van der Waals surface area contributed by atoms with E-state index in [1.54, 1.807) is 30.0 Å². The number of nitrogens with one attached hydrogen (secondary N) is 2. The second kappa shape index (κ2) is 6.57. The molecular weight excluding hydrogens is 314 g/mol. The number of carbonyl (C=O) groups is 2. The fourth-order valence-electron chi connectivity index (χ4n) is 2.48. The molecular formula is C15H17N5O4. The normalized spacial score (nSPS) is 16.1. The van der Waals surface area contributed by atoms with Crippen LogP contribution in [0.1, 0.15) is 6.42 Å². The topological polar surface area (TPSA) is 107 Å². The molecule has 24 heavy (non-hydrogen) atoms. The lowest BCUT2D eigenvalue weighted by molar-refractivity contribution is -0.126. The number of fused-ring (bicyclic) bond motifs is 1. The van der Waals surface area contributed by atoms with E-state index in [1.165, 1.54) is 13.4 Å². The molecule has 0 radical (unpaired) electrons. The van der Waals surface area contributed by atoms with E-state index in [0.717, 1.165) is 0 Å². The monoisotopic (exact) mass is 331 g/mol. The highest BCUT2D eigenvalue weighted by molar-refractivity contribution is 5.98. The zero-order valence-electron chi connectivity index (χ0n) is 13.3. The number of methoxy groups -OCH3 is 2. The zero-order chi connectivity index (χ0) is 17.1. The summed E-state index contributed by atoms with van der Waals surface area (Å²) in [5, 5.41) is 9.38. The molecule has 0 spiro atoms. The minimum Gasteiger partial charge on any atom is -0.497 e. The van der Waals surface area contributed by atoms with E-state index >= 15 is 0 Å². The second-order valence-corrected chi connectivity index (χ2v) is 5.27. The van der Waals surface area contributed by atoms with Crippen molar-refractivity contribution >= 4 is 23.5 Å². The van der Waals surface area contributed by atoms with E-state index in [1.807, 2.05) is 0 Å². The summed E-state index contributed by atoms with van der Waals surface area (Å²) in [5.41, 5.74) is 0.515. The van der Waals surface area contributed by atoms with Crippen LogP contribution in [-0.2, 0) is 16.1 Å². The molecule has 1 aromatic carbocycles. The summed E-state index contributed by atoms with van der Waals surface area (Å²) in [6, 6.07) is 5.07. The van der Waals surface area contributed by atoms with E-state index in [2.05, 4.69) is 20.7 Å². The Hall–Kier alpha value is -3.10. The van der Waals surface area contributed by atoms with Crippen LogP contribution >= 0.6 is 0 Å². The summed E-state index contributed by atoms with van der Waals surface area (Å²) in [6.07, 6.45) is 1.39. The number of ether oxygens (including phenoxy) is 2. The van der Waals surface area contributed by atoms with Crippen LogP contribution in [0.3, 0.4) is 0 Å². The molecule has 2 N–H and O–H groups in total. The minimum absolute atomic E-state index is 0.0281. The molecule has 2 aromatic rings. The van der Waals surface area contributed by atoms with Crippen LogP contribution in [0.5, 0.6) is 11.5 Å². The Labute approximate surface area is 138 Å². The summed E-state index contributed by atoms with van der Waals surface area (Å²) in [7, 11) is 3.05. The van der Waals surface area contributed by atoms with Gasteiger partial charge in [-0.3, -0.25) is 14.9 Å². The molecule has 2 amide bonds. The maximum atomic E-state index is 12.3. The van der Waals surface area contributed by atoms with Crippen molar-refractivity contribution in [1.29, 1.82) is 0 Å². The molecule has 1 aromatic heterocycles. The van der Waals surface area contributed by atoms with Crippen LogP contribution in [0.25, 0.3) is 0 Å². The number of amides is 2. The van der Waals surface area contributed by atoms with Crippen molar-refractivity contribution in [3.05, 3.63) is 24.5 Å². The largest absolute Gasteiger partial charge is 0.497 e. The van der Waals surface area contributed by atoms with Crippen molar-refractivity contribution in [3.8, 4) is 11.5 Å². The van der Waals surface area contributed by atoms with Gasteiger partial charge >= 0.3 is 0 Å². The number of hydrogen-bond donors (Lipinski definition) is 2. The van der Waals surface area contributed by atoms with Gasteiger partial charge in [0.25, 0.3) is 0 Å². The van der Waals surface area contributed by atoms with Gasteiger partial charge in [0.1, 0.15) is 17.8 Å². The van der Waals surface area contributed by atoms with Gasteiger partial charge in [-0.15, -0.1) is 0 Å². The fourth-order valence-corrected chi connectivity index (χ4v) is 2.48. The molecule has 2 heterocycles. The van der Waals surface area contributed by atoms with Gasteiger partial charge in [-0.2, -0.15) is 10.1 Å². The first-order valence-corrected chi connectivity index (χ1v) is 7.31. The number of nitrogens with zero attached hydrogens (tertiary/aromatic N) is 3.